The van der Waals surface area contributed by atoms with Crippen LogP contribution in [0.15, 0.2) is 24.8 Å². The minimum absolute atomic E-state index is 0.229. The molecule has 2 heterocycles. The Morgan fingerprint density at radius 3 is 3.11 bits per heavy atom. The molecule has 6 heteroatoms. The topological polar surface area (TPSA) is 70.1 Å². The Morgan fingerprint density at radius 2 is 2.39 bits per heavy atom. The predicted molar refractivity (Wildman–Crippen MR) is 67.0 cm³/mol. The quantitative estimate of drug-likeness (QED) is 0.796. The van der Waals surface area contributed by atoms with Gasteiger partial charge in [0, 0.05) is 24.4 Å². The van der Waals surface area contributed by atoms with Gasteiger partial charge in [-0.25, -0.2) is 4.98 Å². The van der Waals surface area contributed by atoms with Crippen molar-refractivity contribution >= 4 is 23.2 Å². The molecule has 1 aromatic heterocycles. The van der Waals surface area contributed by atoms with Gasteiger partial charge in [-0.05, 0) is 6.07 Å². The van der Waals surface area contributed by atoms with Crippen molar-refractivity contribution in [2.24, 2.45) is 0 Å². The number of carbonyl (C=O) groups excluding carboxylic acids is 1. The van der Waals surface area contributed by atoms with Crippen LogP contribution in [0.2, 0.25) is 5.02 Å². The van der Waals surface area contributed by atoms with Gasteiger partial charge in [-0.3, -0.25) is 9.36 Å². The van der Waals surface area contributed by atoms with Gasteiger partial charge in [0.05, 0.1) is 22.9 Å². The first-order valence-corrected chi connectivity index (χ1v) is 5.82. The largest absolute Gasteiger partial charge is 0.492 e. The number of carbonyl (C=O) groups is 1. The van der Waals surface area contributed by atoms with Gasteiger partial charge in [-0.15, -0.1) is 0 Å². The third kappa shape index (κ3) is 1.55. The molecule has 0 aliphatic carbocycles. The van der Waals surface area contributed by atoms with Crippen LogP contribution >= 0.6 is 11.6 Å². The third-order valence-electron chi connectivity index (χ3n) is 2.94. The fourth-order valence-electron chi connectivity index (χ4n) is 2.04. The second kappa shape index (κ2) is 4.03. The SMILES string of the molecule is Nc1c(Cl)cc(C(=O)n2ccnc2)c2c1CCO2. The van der Waals surface area contributed by atoms with E-state index < -0.39 is 0 Å². The van der Waals surface area contributed by atoms with E-state index in [0.717, 1.165) is 5.56 Å². The van der Waals surface area contributed by atoms with Crippen LogP contribution in [0.3, 0.4) is 0 Å². The Hall–Kier alpha value is -2.01. The highest BCUT2D eigenvalue weighted by Gasteiger charge is 2.25. The Labute approximate surface area is 108 Å². The molecule has 0 amide bonds. The smallest absolute Gasteiger partial charge is 0.266 e. The van der Waals surface area contributed by atoms with Crippen LogP contribution in [0.25, 0.3) is 0 Å². The average molecular weight is 264 g/mol. The fraction of sp³-hybridized carbons (Fsp3) is 0.167. The Bertz CT molecular complexity index is 623. The van der Waals surface area contributed by atoms with E-state index in [0.29, 0.717) is 35.1 Å². The van der Waals surface area contributed by atoms with Gasteiger partial charge in [-0.2, -0.15) is 0 Å². The Balaban J connectivity index is 2.16. The molecule has 1 aromatic carbocycles. The van der Waals surface area contributed by atoms with Crippen LogP contribution in [0.1, 0.15) is 15.9 Å². The summed E-state index contributed by atoms with van der Waals surface area (Å²) in [5.74, 6) is 0.308. The minimum Gasteiger partial charge on any atom is -0.492 e. The molecule has 1 aliphatic rings. The lowest BCUT2D eigenvalue weighted by Crippen LogP contribution is -2.11. The molecule has 2 N–H and O–H groups in total. The summed E-state index contributed by atoms with van der Waals surface area (Å²) in [5, 5.41) is 0.378. The summed E-state index contributed by atoms with van der Waals surface area (Å²) in [4.78, 5) is 16.1. The minimum atomic E-state index is -0.229. The molecule has 0 saturated carbocycles. The summed E-state index contributed by atoms with van der Waals surface area (Å²) in [6.45, 7) is 0.518. The molecule has 2 aromatic rings. The normalized spacial score (nSPS) is 13.2. The van der Waals surface area contributed by atoms with Gasteiger partial charge in [0.2, 0.25) is 0 Å². The van der Waals surface area contributed by atoms with Crippen molar-refractivity contribution in [1.82, 2.24) is 9.55 Å². The molecule has 18 heavy (non-hydrogen) atoms. The summed E-state index contributed by atoms with van der Waals surface area (Å²) >= 11 is 6.05. The zero-order valence-corrected chi connectivity index (χ0v) is 10.1. The third-order valence-corrected chi connectivity index (χ3v) is 3.25. The number of ether oxygens (including phenoxy) is 1. The van der Waals surface area contributed by atoms with Crippen LogP contribution in [-0.2, 0) is 6.42 Å². The summed E-state index contributed by atoms with van der Waals surface area (Å²) in [6.07, 6.45) is 5.23. The van der Waals surface area contributed by atoms with E-state index in [1.807, 2.05) is 0 Å². The molecule has 1 aliphatic heterocycles. The van der Waals surface area contributed by atoms with Crippen LogP contribution in [-0.4, -0.2) is 22.1 Å². The van der Waals surface area contributed by atoms with E-state index in [2.05, 4.69) is 4.98 Å². The lowest BCUT2D eigenvalue weighted by Gasteiger charge is -2.10. The number of anilines is 1. The highest BCUT2D eigenvalue weighted by atomic mass is 35.5. The van der Waals surface area contributed by atoms with Crippen molar-refractivity contribution in [2.75, 3.05) is 12.3 Å². The zero-order valence-electron chi connectivity index (χ0n) is 9.39. The van der Waals surface area contributed by atoms with Gasteiger partial charge in [0.15, 0.2) is 0 Å². The fourth-order valence-corrected chi connectivity index (χ4v) is 2.27. The standard InChI is InChI=1S/C12H10ClN3O2/c13-9-5-8(12(17)16-3-2-15-6-16)11-7(10(9)14)1-4-18-11/h2-3,5-6H,1,4,14H2. The number of nitrogens with zero attached hydrogens (tertiary/aromatic N) is 2. The van der Waals surface area contributed by atoms with Gasteiger partial charge < -0.3 is 10.5 Å². The van der Waals surface area contributed by atoms with E-state index in [1.165, 1.54) is 17.1 Å². The van der Waals surface area contributed by atoms with Gasteiger partial charge in [-0.1, -0.05) is 11.6 Å². The number of nitrogen functional groups attached to an aromatic ring is 1. The zero-order chi connectivity index (χ0) is 12.7. The first kappa shape index (κ1) is 11.1. The van der Waals surface area contributed by atoms with Crippen LogP contribution in [0.4, 0.5) is 5.69 Å². The average Bonchev–Trinajstić information content (AvgIpc) is 3.02. The number of hydrogen-bond acceptors (Lipinski definition) is 4. The molecule has 5 nitrogen and oxygen atoms in total. The number of halogens is 1. The van der Waals surface area contributed by atoms with Gasteiger partial charge in [0.1, 0.15) is 12.1 Å². The van der Waals surface area contributed by atoms with E-state index in [4.69, 9.17) is 22.1 Å². The molecule has 0 atom stereocenters. The first-order chi connectivity index (χ1) is 8.68. The highest BCUT2D eigenvalue weighted by Crippen LogP contribution is 2.38. The number of rotatable bonds is 1. The van der Waals surface area contributed by atoms with E-state index >= 15 is 0 Å². The maximum Gasteiger partial charge on any atom is 0.266 e. The molecule has 0 saturated heterocycles. The molecule has 0 fully saturated rings. The number of fused-ring (bicyclic) bond motifs is 1. The monoisotopic (exact) mass is 263 g/mol. The Morgan fingerprint density at radius 1 is 1.56 bits per heavy atom. The number of hydrogen-bond donors (Lipinski definition) is 1. The summed E-state index contributed by atoms with van der Waals surface area (Å²) in [5.41, 5.74) is 7.60. The predicted octanol–water partition coefficient (Wildman–Crippen LogP) is 1.74. The van der Waals surface area contributed by atoms with E-state index in [9.17, 15) is 4.79 Å². The number of imidazole rings is 1. The van der Waals surface area contributed by atoms with Crippen molar-refractivity contribution in [2.45, 2.75) is 6.42 Å². The molecule has 3 rings (SSSR count). The molecule has 0 spiro atoms. The summed E-state index contributed by atoms with van der Waals surface area (Å²) in [7, 11) is 0. The van der Waals surface area contributed by atoms with Crippen molar-refractivity contribution in [3.63, 3.8) is 0 Å². The van der Waals surface area contributed by atoms with E-state index in [1.54, 1.807) is 12.3 Å². The van der Waals surface area contributed by atoms with Gasteiger partial charge in [0.25, 0.3) is 5.91 Å². The van der Waals surface area contributed by atoms with Gasteiger partial charge >= 0.3 is 0 Å². The molecule has 92 valence electrons. The van der Waals surface area contributed by atoms with E-state index in [-0.39, 0.29) is 5.91 Å². The summed E-state index contributed by atoms with van der Waals surface area (Å²) in [6, 6.07) is 1.55. The maximum atomic E-state index is 12.3. The van der Waals surface area contributed by atoms with Crippen LogP contribution in [0.5, 0.6) is 5.75 Å². The van der Waals surface area contributed by atoms with Crippen molar-refractivity contribution in [1.29, 1.82) is 0 Å². The van der Waals surface area contributed by atoms with Crippen LogP contribution in [0, 0.1) is 0 Å². The maximum absolute atomic E-state index is 12.3. The van der Waals surface area contributed by atoms with Crippen molar-refractivity contribution in [3.8, 4) is 5.75 Å². The lowest BCUT2D eigenvalue weighted by molar-refractivity contribution is 0.0956. The second-order valence-electron chi connectivity index (χ2n) is 4.00. The number of aromatic nitrogens is 2. The molecule has 0 unspecified atom stereocenters. The first-order valence-electron chi connectivity index (χ1n) is 5.45. The van der Waals surface area contributed by atoms with Crippen molar-refractivity contribution < 1.29 is 9.53 Å². The molecule has 0 bridgehead atoms. The second-order valence-corrected chi connectivity index (χ2v) is 4.41. The molecule has 0 radical (unpaired) electrons. The number of benzene rings is 1. The molecular weight excluding hydrogens is 254 g/mol. The highest BCUT2D eigenvalue weighted by molar-refractivity contribution is 6.33. The molecular formula is C12H10ClN3O2. The van der Waals surface area contributed by atoms with Crippen LogP contribution < -0.4 is 10.5 Å². The lowest BCUT2D eigenvalue weighted by atomic mass is 10.1. The summed E-state index contributed by atoms with van der Waals surface area (Å²) < 4.78 is 6.87. The van der Waals surface area contributed by atoms with Crippen molar-refractivity contribution in [3.05, 3.63) is 40.9 Å². The number of nitrogens with two attached hydrogens (primary N) is 1. The Kier molecular flexibility index (Phi) is 2.48.